The van der Waals surface area contributed by atoms with E-state index < -0.39 is 5.25 Å². The van der Waals surface area contributed by atoms with E-state index in [4.69, 9.17) is 9.47 Å². The van der Waals surface area contributed by atoms with Crippen LogP contribution in [0.3, 0.4) is 0 Å². The Kier molecular flexibility index (Phi) is 16.8. The van der Waals surface area contributed by atoms with Crippen LogP contribution >= 0.6 is 23.5 Å². The fraction of sp³-hybridized carbons (Fsp3) is 0.750. The molecule has 0 bridgehead atoms. The smallest absolute Gasteiger partial charge is 0.246 e. The molecule has 0 aliphatic carbocycles. The average molecular weight is 409 g/mol. The van der Waals surface area contributed by atoms with Gasteiger partial charge in [0.05, 0.1) is 23.7 Å². The summed E-state index contributed by atoms with van der Waals surface area (Å²) in [6.45, 7) is 3.00. The van der Waals surface area contributed by atoms with Gasteiger partial charge in [-0.3, -0.25) is 9.59 Å². The highest BCUT2D eigenvalue weighted by atomic mass is 32.2. The monoisotopic (exact) mass is 408 g/mol. The Hall–Kier alpha value is -0.940. The van der Waals surface area contributed by atoms with Gasteiger partial charge in [-0.15, -0.1) is 23.5 Å². The molecule has 0 saturated heterocycles. The average Bonchev–Trinajstić information content (AvgIpc) is 2.62. The molecule has 2 unspecified atom stereocenters. The predicted octanol–water partition coefficient (Wildman–Crippen LogP) is -0.454. The number of amides is 1. The van der Waals surface area contributed by atoms with Crippen molar-refractivity contribution >= 4 is 47.8 Å². The number of hydrogen-bond acceptors (Lipinski definition) is 9. The first kappa shape index (κ1) is 25.1. The highest BCUT2D eigenvalue weighted by Gasteiger charge is 2.21. The number of nitrogens with one attached hydrogen (secondary N) is 2. The van der Waals surface area contributed by atoms with Gasteiger partial charge in [0.1, 0.15) is 25.8 Å². The Morgan fingerprint density at radius 3 is 2.00 bits per heavy atom. The lowest BCUT2D eigenvalue weighted by Gasteiger charge is -2.17. The van der Waals surface area contributed by atoms with Crippen LogP contribution in [-0.2, 0) is 28.7 Å². The van der Waals surface area contributed by atoms with Crippen molar-refractivity contribution in [2.24, 2.45) is 0 Å². The molecule has 0 heterocycles. The molecule has 0 aromatic carbocycles. The molecule has 0 spiro atoms. The van der Waals surface area contributed by atoms with E-state index in [-0.39, 0.29) is 43.4 Å². The molecule has 26 heavy (non-hydrogen) atoms. The maximum absolute atomic E-state index is 11.6. The molecule has 150 valence electrons. The molecule has 0 fully saturated rings. The van der Waals surface area contributed by atoms with Crippen molar-refractivity contribution in [3.63, 3.8) is 0 Å². The second kappa shape index (κ2) is 17.5. The number of hydrogen-bond donors (Lipinski definition) is 2. The number of carbonyl (C=O) groups is 4. The summed E-state index contributed by atoms with van der Waals surface area (Å²) in [4.78, 5) is 44.6. The molecule has 0 rings (SSSR count). The fourth-order valence-corrected chi connectivity index (χ4v) is 3.88. The summed E-state index contributed by atoms with van der Waals surface area (Å²) in [5, 5.41) is 4.85. The minimum atomic E-state index is -0.430. The van der Waals surface area contributed by atoms with Gasteiger partial charge in [-0.1, -0.05) is 0 Å². The van der Waals surface area contributed by atoms with Crippen LogP contribution < -0.4 is 10.6 Å². The van der Waals surface area contributed by atoms with Crippen LogP contribution in [0, 0.1) is 0 Å². The fourth-order valence-electron chi connectivity index (χ4n) is 1.66. The molecule has 8 nitrogen and oxygen atoms in total. The third-order valence-corrected chi connectivity index (χ3v) is 5.53. The van der Waals surface area contributed by atoms with Crippen molar-refractivity contribution in [2.75, 3.05) is 58.1 Å². The van der Waals surface area contributed by atoms with Gasteiger partial charge in [-0.25, -0.2) is 0 Å². The lowest BCUT2D eigenvalue weighted by atomic mass is 10.3. The lowest BCUT2D eigenvalue weighted by Crippen LogP contribution is -2.31. The second-order valence-electron chi connectivity index (χ2n) is 5.20. The van der Waals surface area contributed by atoms with Crippen molar-refractivity contribution in [1.29, 1.82) is 0 Å². The van der Waals surface area contributed by atoms with Crippen LogP contribution in [0.2, 0.25) is 0 Å². The molecule has 0 saturated carbocycles. The molecule has 0 aromatic heterocycles. The Morgan fingerprint density at radius 1 is 0.962 bits per heavy atom. The lowest BCUT2D eigenvalue weighted by molar-refractivity contribution is -0.127. The molecule has 2 atom stereocenters. The molecule has 0 aliphatic heterocycles. The maximum atomic E-state index is 11.6. The van der Waals surface area contributed by atoms with E-state index in [2.05, 4.69) is 10.6 Å². The Labute approximate surface area is 162 Å². The van der Waals surface area contributed by atoms with Gasteiger partial charge in [-0.2, -0.15) is 0 Å². The Morgan fingerprint density at radius 2 is 1.50 bits per heavy atom. The van der Waals surface area contributed by atoms with Gasteiger partial charge in [0.2, 0.25) is 5.91 Å². The molecule has 1 amide bonds. The molecule has 0 aromatic rings. The van der Waals surface area contributed by atoms with Gasteiger partial charge in [0, 0.05) is 24.6 Å². The molecule has 0 aliphatic rings. The summed E-state index contributed by atoms with van der Waals surface area (Å²) >= 11 is 2.78. The van der Waals surface area contributed by atoms with Crippen molar-refractivity contribution in [2.45, 2.75) is 17.4 Å². The summed E-state index contributed by atoms with van der Waals surface area (Å²) in [7, 11) is 1.83. The molecule has 10 heteroatoms. The molecule has 0 radical (unpaired) electrons. The van der Waals surface area contributed by atoms with Crippen molar-refractivity contribution < 1.29 is 28.7 Å². The van der Waals surface area contributed by atoms with E-state index >= 15 is 0 Å². The zero-order valence-electron chi connectivity index (χ0n) is 15.2. The first-order valence-corrected chi connectivity index (χ1v) is 10.3. The summed E-state index contributed by atoms with van der Waals surface area (Å²) in [6.07, 6.45) is 1.58. The third kappa shape index (κ3) is 14.3. The summed E-state index contributed by atoms with van der Waals surface area (Å²) in [5.41, 5.74) is 0. The predicted molar refractivity (Wildman–Crippen MR) is 104 cm³/mol. The minimum Gasteiger partial charge on any atom is -0.371 e. The van der Waals surface area contributed by atoms with Crippen LogP contribution in [0.5, 0.6) is 0 Å². The van der Waals surface area contributed by atoms with E-state index in [9.17, 15) is 19.2 Å². The highest BCUT2D eigenvalue weighted by molar-refractivity contribution is 8.04. The number of aldehydes is 2. The zero-order valence-corrected chi connectivity index (χ0v) is 16.9. The van der Waals surface area contributed by atoms with E-state index in [1.165, 1.54) is 30.4 Å². The highest BCUT2D eigenvalue weighted by Crippen LogP contribution is 2.21. The van der Waals surface area contributed by atoms with Crippen LogP contribution in [0.15, 0.2) is 0 Å². The van der Waals surface area contributed by atoms with E-state index in [1.807, 2.05) is 7.05 Å². The van der Waals surface area contributed by atoms with Gasteiger partial charge in [-0.05, 0) is 14.0 Å². The zero-order chi connectivity index (χ0) is 19.6. The molecular formula is C16H28N2O6S2. The third-order valence-electron chi connectivity index (χ3n) is 2.90. The summed E-state index contributed by atoms with van der Waals surface area (Å²) < 4.78 is 10.1. The standard InChI is InChI=1S/C16H28N2O6S2/c1-13(21)11-23-5-6-24-12-16(22)18-4-8-26-15(10-20)14(9-19)25-7-3-17-2/h9-10,14-15,17H,3-8,11-12H2,1-2H3,(H,18,22). The Balaban J connectivity index is 3.79. The summed E-state index contributed by atoms with van der Waals surface area (Å²) in [6, 6.07) is 0. The largest absolute Gasteiger partial charge is 0.371 e. The van der Waals surface area contributed by atoms with Crippen LogP contribution in [0.25, 0.3) is 0 Å². The van der Waals surface area contributed by atoms with Crippen LogP contribution in [0.4, 0.5) is 0 Å². The van der Waals surface area contributed by atoms with E-state index in [0.29, 0.717) is 12.3 Å². The molecule has 2 N–H and O–H groups in total. The topological polar surface area (TPSA) is 111 Å². The Bertz CT molecular complexity index is 426. The molecular weight excluding hydrogens is 380 g/mol. The number of carbonyl (C=O) groups excluding carboxylic acids is 4. The summed E-state index contributed by atoms with van der Waals surface area (Å²) in [5.74, 6) is 0.935. The number of ether oxygens (including phenoxy) is 2. The van der Waals surface area contributed by atoms with Gasteiger partial charge < -0.3 is 29.7 Å². The number of Topliss-reactive ketones (excluding diaryl/α,β-unsaturated/α-hetero) is 1. The number of ketones is 1. The van der Waals surface area contributed by atoms with Crippen molar-refractivity contribution in [3.05, 3.63) is 0 Å². The van der Waals surface area contributed by atoms with E-state index in [0.717, 1.165) is 24.9 Å². The van der Waals surface area contributed by atoms with Crippen molar-refractivity contribution in [3.8, 4) is 0 Å². The van der Waals surface area contributed by atoms with Crippen LogP contribution in [0.1, 0.15) is 6.92 Å². The normalized spacial score (nSPS) is 13.0. The first-order valence-electron chi connectivity index (χ1n) is 8.25. The number of rotatable bonds is 18. The van der Waals surface area contributed by atoms with Gasteiger partial charge in [0.25, 0.3) is 0 Å². The van der Waals surface area contributed by atoms with E-state index in [1.54, 1.807) is 0 Å². The van der Waals surface area contributed by atoms with Crippen LogP contribution in [-0.4, -0.2) is 92.8 Å². The SMILES string of the molecule is CNCCSC(C=O)C(C=O)SCCNC(=O)COCCOCC(C)=O. The van der Waals surface area contributed by atoms with Gasteiger partial charge >= 0.3 is 0 Å². The second-order valence-corrected chi connectivity index (χ2v) is 7.78. The van der Waals surface area contributed by atoms with Crippen molar-refractivity contribution in [1.82, 2.24) is 10.6 Å². The maximum Gasteiger partial charge on any atom is 0.246 e. The first-order chi connectivity index (χ1) is 12.5. The number of thioether (sulfide) groups is 2. The minimum absolute atomic E-state index is 0.0414. The quantitative estimate of drug-likeness (QED) is 0.230. The van der Waals surface area contributed by atoms with Gasteiger partial charge in [0.15, 0.2) is 5.78 Å².